The molecule has 1 saturated carbocycles. The van der Waals surface area contributed by atoms with Gasteiger partial charge in [-0.25, -0.2) is 9.78 Å². The SMILES string of the molecule is COC(=O)[C@@H](CC(=O)OC(C)(C)C)Nc1nc2ccccc2n(C2CC3CC[C@@H](C2)N3C2CCCCCCC2)c1=O. The Morgan fingerprint density at radius 3 is 2.22 bits per heavy atom. The Kier molecular flexibility index (Phi) is 9.02. The molecule has 2 bridgehead atoms. The van der Waals surface area contributed by atoms with Crippen LogP contribution in [0, 0.1) is 0 Å². The zero-order valence-corrected chi connectivity index (χ0v) is 25.1. The molecule has 224 valence electrons. The molecule has 3 aliphatic rings. The maximum Gasteiger partial charge on any atom is 0.328 e. The third-order valence-electron chi connectivity index (χ3n) is 9.01. The molecule has 41 heavy (non-hydrogen) atoms. The fourth-order valence-corrected chi connectivity index (χ4v) is 7.39. The van der Waals surface area contributed by atoms with Crippen molar-refractivity contribution in [3.05, 3.63) is 34.6 Å². The summed E-state index contributed by atoms with van der Waals surface area (Å²) in [6.45, 7) is 5.31. The quantitative estimate of drug-likeness (QED) is 0.447. The highest BCUT2D eigenvalue weighted by atomic mass is 16.6. The largest absolute Gasteiger partial charge is 0.467 e. The van der Waals surface area contributed by atoms with Crippen molar-refractivity contribution in [1.82, 2.24) is 14.5 Å². The van der Waals surface area contributed by atoms with Crippen molar-refractivity contribution < 1.29 is 19.1 Å². The summed E-state index contributed by atoms with van der Waals surface area (Å²) in [7, 11) is 1.26. The Hall–Kier alpha value is -2.94. The van der Waals surface area contributed by atoms with Gasteiger partial charge in [0, 0.05) is 24.2 Å². The van der Waals surface area contributed by atoms with Gasteiger partial charge in [-0.15, -0.1) is 0 Å². The molecule has 2 saturated heterocycles. The standard InChI is InChI=1S/C32H46N4O5/c1-32(2,3)41-28(37)20-26(31(39)40-4)34-29-30(38)36(27-15-11-10-14-25(27)33-29)24-18-22-16-17-23(19-24)35(22)21-12-8-6-5-7-9-13-21/h10-11,14-15,21-24,26H,5-9,12-13,16-20H2,1-4H3,(H,33,34)/t22-,23?,24?,26+/m0/s1. The van der Waals surface area contributed by atoms with Crippen LogP contribution in [0.5, 0.6) is 0 Å². The van der Waals surface area contributed by atoms with Crippen LogP contribution >= 0.6 is 0 Å². The number of benzene rings is 1. The zero-order valence-electron chi connectivity index (χ0n) is 25.1. The maximum absolute atomic E-state index is 14.1. The molecule has 9 nitrogen and oxygen atoms in total. The summed E-state index contributed by atoms with van der Waals surface area (Å²) in [5.41, 5.74) is 0.500. The minimum absolute atomic E-state index is 0.0423. The molecule has 9 heteroatoms. The van der Waals surface area contributed by atoms with Crippen LogP contribution in [-0.4, -0.2) is 63.3 Å². The van der Waals surface area contributed by atoms with E-state index in [4.69, 9.17) is 9.47 Å². The lowest BCUT2D eigenvalue weighted by molar-refractivity contribution is -0.158. The first kappa shape index (κ1) is 29.5. The van der Waals surface area contributed by atoms with E-state index in [1.165, 1.54) is 64.9 Å². The summed E-state index contributed by atoms with van der Waals surface area (Å²) < 4.78 is 12.3. The smallest absolute Gasteiger partial charge is 0.328 e. The molecule has 1 aliphatic carbocycles. The molecular formula is C32H46N4O5. The number of aromatic nitrogens is 2. The minimum Gasteiger partial charge on any atom is -0.467 e. The van der Waals surface area contributed by atoms with Crippen LogP contribution in [0.2, 0.25) is 0 Å². The number of piperidine rings is 1. The third-order valence-corrected chi connectivity index (χ3v) is 9.01. The van der Waals surface area contributed by atoms with Gasteiger partial charge in [-0.05, 0) is 71.4 Å². The molecule has 0 spiro atoms. The first-order valence-electron chi connectivity index (χ1n) is 15.5. The van der Waals surface area contributed by atoms with Gasteiger partial charge in [0.15, 0.2) is 5.82 Å². The Labute approximate surface area is 243 Å². The molecule has 4 atom stereocenters. The van der Waals surface area contributed by atoms with Crippen LogP contribution in [0.4, 0.5) is 5.82 Å². The minimum atomic E-state index is -1.10. The molecule has 2 aromatic rings. The molecule has 3 heterocycles. The van der Waals surface area contributed by atoms with Crippen molar-refractivity contribution in [1.29, 1.82) is 0 Å². The second-order valence-electron chi connectivity index (χ2n) is 13.1. The van der Waals surface area contributed by atoms with Crippen LogP contribution in [0.15, 0.2) is 29.1 Å². The van der Waals surface area contributed by atoms with E-state index >= 15 is 0 Å². The highest BCUT2D eigenvalue weighted by Gasteiger charge is 2.44. The number of nitrogens with one attached hydrogen (secondary N) is 1. The van der Waals surface area contributed by atoms with E-state index in [1.54, 1.807) is 20.8 Å². The van der Waals surface area contributed by atoms with E-state index in [0.29, 0.717) is 23.6 Å². The van der Waals surface area contributed by atoms with Gasteiger partial charge in [0.25, 0.3) is 5.56 Å². The van der Waals surface area contributed by atoms with E-state index in [-0.39, 0.29) is 23.8 Å². The number of nitrogens with zero attached hydrogens (tertiary/aromatic N) is 3. The van der Waals surface area contributed by atoms with Gasteiger partial charge in [-0.2, -0.15) is 0 Å². The molecule has 1 aromatic heterocycles. The van der Waals surface area contributed by atoms with Gasteiger partial charge in [0.05, 0.1) is 24.6 Å². The van der Waals surface area contributed by atoms with Crippen molar-refractivity contribution >= 4 is 28.8 Å². The molecular weight excluding hydrogens is 520 g/mol. The Bertz CT molecular complexity index is 1280. The van der Waals surface area contributed by atoms with Gasteiger partial charge in [0.1, 0.15) is 11.6 Å². The molecule has 3 fully saturated rings. The number of para-hydroxylation sites is 2. The van der Waals surface area contributed by atoms with Crippen molar-refractivity contribution in [2.75, 3.05) is 12.4 Å². The summed E-state index contributed by atoms with van der Waals surface area (Å²) in [4.78, 5) is 46.8. The van der Waals surface area contributed by atoms with Crippen LogP contribution in [0.25, 0.3) is 11.0 Å². The van der Waals surface area contributed by atoms with Crippen LogP contribution < -0.4 is 10.9 Å². The van der Waals surface area contributed by atoms with Crippen molar-refractivity contribution in [2.24, 2.45) is 0 Å². The van der Waals surface area contributed by atoms with Gasteiger partial charge in [-0.1, -0.05) is 44.2 Å². The summed E-state index contributed by atoms with van der Waals surface area (Å²) >= 11 is 0. The highest BCUT2D eigenvalue weighted by Crippen LogP contribution is 2.44. The van der Waals surface area contributed by atoms with E-state index in [1.807, 2.05) is 28.8 Å². The molecule has 1 N–H and O–H groups in total. The maximum atomic E-state index is 14.1. The van der Waals surface area contributed by atoms with Crippen LogP contribution in [0.3, 0.4) is 0 Å². The van der Waals surface area contributed by atoms with Crippen LogP contribution in [0.1, 0.15) is 104 Å². The lowest BCUT2D eigenvalue weighted by atomic mass is 9.89. The molecule has 0 amide bonds. The average molecular weight is 567 g/mol. The summed E-state index contributed by atoms with van der Waals surface area (Å²) in [5.74, 6) is -1.15. The lowest BCUT2D eigenvalue weighted by Crippen LogP contribution is -2.50. The van der Waals surface area contributed by atoms with Crippen LogP contribution in [-0.2, 0) is 19.1 Å². The van der Waals surface area contributed by atoms with Gasteiger partial charge >= 0.3 is 11.9 Å². The number of esters is 2. The first-order valence-corrected chi connectivity index (χ1v) is 15.5. The van der Waals surface area contributed by atoms with Gasteiger partial charge in [0.2, 0.25) is 0 Å². The van der Waals surface area contributed by atoms with E-state index < -0.39 is 23.6 Å². The van der Waals surface area contributed by atoms with Gasteiger partial charge in [-0.3, -0.25) is 14.5 Å². The normalized spacial score (nSPS) is 24.8. The molecule has 0 radical (unpaired) electrons. The number of anilines is 1. The molecule has 2 aliphatic heterocycles. The fraction of sp³-hybridized carbons (Fsp3) is 0.688. The third kappa shape index (κ3) is 6.76. The van der Waals surface area contributed by atoms with Crippen molar-refractivity contribution in [2.45, 2.75) is 134 Å². The molecule has 1 aromatic carbocycles. The molecule has 2 unspecified atom stereocenters. The number of methoxy groups -OCH3 is 1. The summed E-state index contributed by atoms with van der Waals surface area (Å²) in [6.07, 6.45) is 13.2. The fourth-order valence-electron chi connectivity index (χ4n) is 7.39. The monoisotopic (exact) mass is 566 g/mol. The predicted octanol–water partition coefficient (Wildman–Crippen LogP) is 5.36. The number of hydrogen-bond acceptors (Lipinski definition) is 8. The van der Waals surface area contributed by atoms with Crippen molar-refractivity contribution in [3.8, 4) is 0 Å². The summed E-state index contributed by atoms with van der Waals surface area (Å²) in [6, 6.07) is 8.23. The topological polar surface area (TPSA) is 103 Å². The van der Waals surface area contributed by atoms with E-state index in [9.17, 15) is 14.4 Å². The number of hydrogen-bond donors (Lipinski definition) is 1. The van der Waals surface area contributed by atoms with E-state index in [2.05, 4.69) is 15.2 Å². The summed E-state index contributed by atoms with van der Waals surface area (Å²) in [5, 5.41) is 2.97. The lowest BCUT2D eigenvalue weighted by Gasteiger charge is -2.45. The Morgan fingerprint density at radius 1 is 0.951 bits per heavy atom. The predicted molar refractivity (Wildman–Crippen MR) is 159 cm³/mol. The number of carbonyl (C=O) groups excluding carboxylic acids is 2. The second kappa shape index (κ2) is 12.5. The second-order valence-corrected chi connectivity index (χ2v) is 13.1. The highest BCUT2D eigenvalue weighted by molar-refractivity contribution is 5.85. The number of fused-ring (bicyclic) bond motifs is 3. The Balaban J connectivity index is 1.43. The number of ether oxygens (including phenoxy) is 2. The first-order chi connectivity index (χ1) is 19.6. The number of carbonyl (C=O) groups is 2. The number of rotatable bonds is 7. The molecule has 5 rings (SSSR count). The zero-order chi connectivity index (χ0) is 29.1. The average Bonchev–Trinajstić information content (AvgIpc) is 3.15. The van der Waals surface area contributed by atoms with E-state index in [0.717, 1.165) is 18.4 Å². The van der Waals surface area contributed by atoms with Crippen molar-refractivity contribution in [3.63, 3.8) is 0 Å². The Morgan fingerprint density at radius 2 is 1.59 bits per heavy atom. The van der Waals surface area contributed by atoms with Gasteiger partial charge < -0.3 is 19.4 Å².